The number of hydrazone groups is 1. The van der Waals surface area contributed by atoms with Gasteiger partial charge >= 0.3 is 0 Å². The Bertz CT molecular complexity index is 1460. The van der Waals surface area contributed by atoms with E-state index in [0.717, 1.165) is 0 Å². The second-order valence-corrected chi connectivity index (χ2v) is 8.01. The Balaban J connectivity index is 1.73. The van der Waals surface area contributed by atoms with Crippen molar-refractivity contribution in [2.24, 2.45) is 5.10 Å². The summed E-state index contributed by atoms with van der Waals surface area (Å²) in [5, 5.41) is 24.2. The van der Waals surface area contributed by atoms with Crippen LogP contribution in [0, 0.1) is 28.4 Å². The largest absolute Gasteiger partial charge is 0.493 e. The fourth-order valence-corrected chi connectivity index (χ4v) is 3.59. The topological polar surface area (TPSA) is 158 Å². The first-order valence-electron chi connectivity index (χ1n) is 11.3. The zero-order chi connectivity index (χ0) is 27.7. The van der Waals surface area contributed by atoms with Crippen molar-refractivity contribution in [3.8, 4) is 17.6 Å². The average molecular weight is 520 g/mol. The quantitative estimate of drug-likeness (QED) is 0.230. The number of methoxy groups -OCH3 is 2. The van der Waals surface area contributed by atoms with Crippen LogP contribution in [0.25, 0.3) is 0 Å². The van der Waals surface area contributed by atoms with Gasteiger partial charge in [0.25, 0.3) is 17.2 Å². The molecule has 0 bridgehead atoms. The van der Waals surface area contributed by atoms with Gasteiger partial charge in [0, 0.05) is 36.1 Å². The molecule has 0 aliphatic carbocycles. The lowest BCUT2D eigenvalue weighted by Gasteiger charge is -2.13. The maximum atomic E-state index is 12.7. The van der Waals surface area contributed by atoms with Gasteiger partial charge in [0.15, 0.2) is 11.5 Å². The van der Waals surface area contributed by atoms with Gasteiger partial charge in [0.05, 0.1) is 24.9 Å². The number of amides is 1. The second-order valence-electron chi connectivity index (χ2n) is 8.01. The van der Waals surface area contributed by atoms with Crippen molar-refractivity contribution in [2.75, 3.05) is 14.2 Å². The molecule has 0 atom stereocenters. The van der Waals surface area contributed by atoms with Crippen LogP contribution in [0.5, 0.6) is 11.5 Å². The summed E-state index contributed by atoms with van der Waals surface area (Å²) in [4.78, 5) is 35.6. The number of hydrogen-bond donors (Lipinski definition) is 1. The Labute approximate surface area is 217 Å². The molecule has 3 aromatic rings. The molecule has 1 heterocycles. The fourth-order valence-electron chi connectivity index (χ4n) is 3.59. The number of pyridine rings is 1. The Morgan fingerprint density at radius 3 is 2.58 bits per heavy atom. The molecular formula is C26H25N5O7. The Morgan fingerprint density at radius 2 is 1.95 bits per heavy atom. The van der Waals surface area contributed by atoms with Gasteiger partial charge in [-0.2, -0.15) is 10.4 Å². The zero-order valence-corrected chi connectivity index (χ0v) is 21.0. The van der Waals surface area contributed by atoms with Crippen molar-refractivity contribution < 1.29 is 23.9 Å². The van der Waals surface area contributed by atoms with Gasteiger partial charge < -0.3 is 18.8 Å². The third-order valence-corrected chi connectivity index (χ3v) is 5.45. The number of carbonyl (C=O) groups is 1. The van der Waals surface area contributed by atoms with E-state index in [4.69, 9.17) is 14.2 Å². The van der Waals surface area contributed by atoms with E-state index in [9.17, 15) is 25.0 Å². The van der Waals surface area contributed by atoms with E-state index in [-0.39, 0.29) is 31.0 Å². The normalized spacial score (nSPS) is 10.7. The number of carbonyl (C=O) groups excluding carboxylic acids is 1. The third-order valence-electron chi connectivity index (χ3n) is 5.45. The number of aromatic nitrogens is 1. The van der Waals surface area contributed by atoms with Gasteiger partial charge in [0.2, 0.25) is 0 Å². The van der Waals surface area contributed by atoms with Crippen LogP contribution in [-0.2, 0) is 29.3 Å². The number of hydrogen-bond acceptors (Lipinski definition) is 9. The number of non-ortho nitro benzene ring substituents is 1. The summed E-state index contributed by atoms with van der Waals surface area (Å²) in [5.74, 6) is 0.196. The lowest BCUT2D eigenvalue weighted by atomic mass is 10.1. The predicted octanol–water partition coefficient (Wildman–Crippen LogP) is 2.82. The van der Waals surface area contributed by atoms with Gasteiger partial charge in [-0.1, -0.05) is 6.07 Å². The SMILES string of the molecule is COCc1cc(C)n(CC(=O)NN=Cc2cccc(OC)c2OCc2ccc([N+](=O)[O-])cc2)c(=O)c1C#N. The highest BCUT2D eigenvalue weighted by Crippen LogP contribution is 2.31. The lowest BCUT2D eigenvalue weighted by Crippen LogP contribution is -2.33. The molecule has 1 amide bonds. The van der Waals surface area contributed by atoms with Crippen LogP contribution >= 0.6 is 0 Å². The van der Waals surface area contributed by atoms with E-state index in [0.29, 0.717) is 33.9 Å². The highest BCUT2D eigenvalue weighted by molar-refractivity contribution is 5.86. The first kappa shape index (κ1) is 27.6. The van der Waals surface area contributed by atoms with Crippen LogP contribution in [0.4, 0.5) is 5.69 Å². The molecule has 196 valence electrons. The van der Waals surface area contributed by atoms with Crippen LogP contribution < -0.4 is 20.5 Å². The smallest absolute Gasteiger partial charge is 0.269 e. The van der Waals surface area contributed by atoms with Crippen molar-refractivity contribution in [3.05, 3.63) is 96.9 Å². The fraction of sp³-hybridized carbons (Fsp3) is 0.231. The number of nitrogens with zero attached hydrogens (tertiary/aromatic N) is 4. The molecule has 0 saturated heterocycles. The van der Waals surface area contributed by atoms with E-state index in [1.807, 2.05) is 6.07 Å². The maximum Gasteiger partial charge on any atom is 0.269 e. The highest BCUT2D eigenvalue weighted by Gasteiger charge is 2.15. The summed E-state index contributed by atoms with van der Waals surface area (Å²) >= 11 is 0. The number of rotatable bonds is 11. The molecule has 0 aliphatic heterocycles. The molecule has 12 heteroatoms. The minimum absolute atomic E-state index is 0.0261. The molecule has 0 spiro atoms. The summed E-state index contributed by atoms with van der Waals surface area (Å²) in [7, 11) is 2.94. The van der Waals surface area contributed by atoms with E-state index in [1.54, 1.807) is 43.3 Å². The van der Waals surface area contributed by atoms with E-state index in [2.05, 4.69) is 10.5 Å². The van der Waals surface area contributed by atoms with Crippen LogP contribution in [0.15, 0.2) is 58.4 Å². The summed E-state index contributed by atoms with van der Waals surface area (Å²) in [5.41, 5.74) is 3.81. The third kappa shape index (κ3) is 6.59. The number of ether oxygens (including phenoxy) is 3. The van der Waals surface area contributed by atoms with Gasteiger partial charge in [0.1, 0.15) is 24.8 Å². The van der Waals surface area contributed by atoms with Crippen LogP contribution in [0.2, 0.25) is 0 Å². The standard InChI is InChI=1S/C26H25N5O7/c1-17-11-20(16-36-2)22(12-27)26(33)30(17)14-24(32)29-28-13-19-5-4-6-23(37-3)25(19)38-15-18-7-9-21(10-8-18)31(34)35/h4-11,13H,14-16H2,1-3H3,(H,29,32). The van der Waals surface area contributed by atoms with Crippen molar-refractivity contribution in [3.63, 3.8) is 0 Å². The van der Waals surface area contributed by atoms with Gasteiger partial charge in [-0.05, 0) is 42.8 Å². The zero-order valence-electron chi connectivity index (χ0n) is 21.0. The Morgan fingerprint density at radius 1 is 1.21 bits per heavy atom. The molecule has 0 aliphatic rings. The van der Waals surface area contributed by atoms with Gasteiger partial charge in [-0.15, -0.1) is 0 Å². The van der Waals surface area contributed by atoms with Gasteiger partial charge in [-0.3, -0.25) is 19.7 Å². The van der Waals surface area contributed by atoms with E-state index in [1.165, 1.54) is 37.1 Å². The number of benzene rings is 2. The first-order valence-corrected chi connectivity index (χ1v) is 11.3. The predicted molar refractivity (Wildman–Crippen MR) is 137 cm³/mol. The highest BCUT2D eigenvalue weighted by atomic mass is 16.6. The van der Waals surface area contributed by atoms with Crippen molar-refractivity contribution >= 4 is 17.8 Å². The molecule has 0 unspecified atom stereocenters. The molecule has 2 aromatic carbocycles. The molecule has 1 aromatic heterocycles. The van der Waals surface area contributed by atoms with Crippen LogP contribution in [0.3, 0.4) is 0 Å². The summed E-state index contributed by atoms with van der Waals surface area (Å²) in [6, 6.07) is 14.6. The number of nitro groups is 1. The molecule has 1 N–H and O–H groups in total. The minimum atomic E-state index is -0.589. The number of nitro benzene ring substituents is 1. The molecule has 38 heavy (non-hydrogen) atoms. The molecule has 0 fully saturated rings. The number of para-hydroxylation sites is 1. The molecule has 3 rings (SSSR count). The minimum Gasteiger partial charge on any atom is -0.493 e. The van der Waals surface area contributed by atoms with Crippen molar-refractivity contribution in [1.29, 1.82) is 5.26 Å². The Hall–Kier alpha value is -5.02. The van der Waals surface area contributed by atoms with Crippen molar-refractivity contribution in [2.45, 2.75) is 26.7 Å². The summed E-state index contributed by atoms with van der Waals surface area (Å²) < 4.78 is 17.5. The van der Waals surface area contributed by atoms with E-state index < -0.39 is 16.4 Å². The van der Waals surface area contributed by atoms with Crippen LogP contribution in [-0.4, -0.2) is 35.8 Å². The lowest BCUT2D eigenvalue weighted by molar-refractivity contribution is -0.384. The first-order chi connectivity index (χ1) is 18.3. The molecular weight excluding hydrogens is 494 g/mol. The second kappa shape index (κ2) is 12.8. The maximum absolute atomic E-state index is 12.7. The molecule has 0 radical (unpaired) electrons. The summed E-state index contributed by atoms with van der Waals surface area (Å²) in [6.45, 7) is 1.52. The Kier molecular flexibility index (Phi) is 9.28. The van der Waals surface area contributed by atoms with E-state index >= 15 is 0 Å². The van der Waals surface area contributed by atoms with Gasteiger partial charge in [-0.25, -0.2) is 5.43 Å². The number of aryl methyl sites for hydroxylation is 1. The summed E-state index contributed by atoms with van der Waals surface area (Å²) in [6.07, 6.45) is 1.36. The number of nitrogens with one attached hydrogen (secondary N) is 1. The number of nitriles is 1. The van der Waals surface area contributed by atoms with Crippen molar-refractivity contribution in [1.82, 2.24) is 9.99 Å². The monoisotopic (exact) mass is 519 g/mol. The molecule has 0 saturated carbocycles. The average Bonchev–Trinajstić information content (AvgIpc) is 2.90. The molecule has 12 nitrogen and oxygen atoms in total. The van der Waals surface area contributed by atoms with Crippen LogP contribution in [0.1, 0.15) is 27.9 Å².